The molecular weight excluding hydrogens is 432 g/mol. The molecule has 0 spiro atoms. The fourth-order valence-corrected chi connectivity index (χ4v) is 3.77. The topological polar surface area (TPSA) is 128 Å². The number of H-pyrrole nitrogens is 1. The Morgan fingerprint density at radius 1 is 1.16 bits per heavy atom. The van der Waals surface area contributed by atoms with Crippen LogP contribution in [0.3, 0.4) is 0 Å². The van der Waals surface area contributed by atoms with Gasteiger partial charge in [0.25, 0.3) is 5.69 Å². The highest BCUT2D eigenvalue weighted by Gasteiger charge is 2.18. The molecule has 32 heavy (non-hydrogen) atoms. The fourth-order valence-electron chi connectivity index (χ4n) is 2.98. The zero-order valence-corrected chi connectivity index (χ0v) is 18.2. The molecule has 0 saturated carbocycles. The molecule has 0 saturated heterocycles. The first-order valence-electron chi connectivity index (χ1n) is 9.46. The Labute approximate surface area is 186 Å². The van der Waals surface area contributed by atoms with Crippen LogP contribution in [0.25, 0.3) is 16.4 Å². The van der Waals surface area contributed by atoms with Crippen molar-refractivity contribution in [1.82, 2.24) is 14.8 Å². The molecule has 162 valence electrons. The Hall–Kier alpha value is -4.12. The van der Waals surface area contributed by atoms with E-state index in [0.717, 1.165) is 16.8 Å². The lowest BCUT2D eigenvalue weighted by atomic mass is 10.1. The lowest BCUT2D eigenvalue weighted by Crippen LogP contribution is -2.13. The number of nitrogens with one attached hydrogen (secondary N) is 1. The van der Waals surface area contributed by atoms with Crippen molar-refractivity contribution < 1.29 is 9.66 Å². The number of aromatic amines is 1. The van der Waals surface area contributed by atoms with Crippen LogP contribution < -0.4 is 10.3 Å². The van der Waals surface area contributed by atoms with E-state index in [9.17, 15) is 14.9 Å². The van der Waals surface area contributed by atoms with Crippen molar-refractivity contribution >= 4 is 28.4 Å². The van der Waals surface area contributed by atoms with E-state index in [1.54, 1.807) is 6.92 Å². The van der Waals surface area contributed by atoms with Gasteiger partial charge in [-0.15, -0.1) is 21.6 Å². The van der Waals surface area contributed by atoms with Crippen molar-refractivity contribution in [2.75, 3.05) is 7.11 Å². The van der Waals surface area contributed by atoms with Gasteiger partial charge in [-0.3, -0.25) is 20.0 Å². The van der Waals surface area contributed by atoms with Gasteiger partial charge in [-0.1, -0.05) is 29.8 Å². The number of methoxy groups -OCH3 is 1. The summed E-state index contributed by atoms with van der Waals surface area (Å²) in [6, 6.07) is 12.1. The Bertz CT molecular complexity index is 1380. The zero-order chi connectivity index (χ0) is 22.8. The molecule has 0 aliphatic rings. The van der Waals surface area contributed by atoms with Crippen LogP contribution in [0.2, 0.25) is 0 Å². The molecule has 4 aromatic rings. The van der Waals surface area contributed by atoms with Crippen molar-refractivity contribution in [3.8, 4) is 22.1 Å². The van der Waals surface area contributed by atoms with Gasteiger partial charge in [0.05, 0.1) is 29.5 Å². The maximum Gasteiger partial charge on any atom is 0.301 e. The Morgan fingerprint density at radius 2 is 1.91 bits per heavy atom. The Morgan fingerprint density at radius 3 is 2.59 bits per heavy atom. The molecule has 11 heteroatoms. The minimum Gasteiger partial charge on any atom is -0.496 e. The van der Waals surface area contributed by atoms with Crippen LogP contribution in [0.4, 0.5) is 17.1 Å². The third-order valence-electron chi connectivity index (χ3n) is 4.71. The summed E-state index contributed by atoms with van der Waals surface area (Å²) < 4.78 is 6.30. The largest absolute Gasteiger partial charge is 0.496 e. The van der Waals surface area contributed by atoms with E-state index in [4.69, 9.17) is 4.74 Å². The van der Waals surface area contributed by atoms with Crippen molar-refractivity contribution in [2.24, 2.45) is 10.2 Å². The normalized spacial score (nSPS) is 11.2. The SMILES string of the molecule is COc1ccc(N=Nc2c(C)[nH]n(-c3nc(-c4ccc(C)cc4)cs3)c2=O)c([N+](=O)[O-])c1. The lowest BCUT2D eigenvalue weighted by Gasteiger charge is -2.00. The third kappa shape index (κ3) is 4.05. The molecule has 0 amide bonds. The van der Waals surface area contributed by atoms with Crippen molar-refractivity contribution in [3.63, 3.8) is 0 Å². The number of hydrogen-bond donors (Lipinski definition) is 1. The number of nitro benzene ring substituents is 1. The first-order valence-corrected chi connectivity index (χ1v) is 10.3. The van der Waals surface area contributed by atoms with Crippen LogP contribution in [0.5, 0.6) is 5.75 Å². The summed E-state index contributed by atoms with van der Waals surface area (Å²) in [4.78, 5) is 28.2. The van der Waals surface area contributed by atoms with E-state index < -0.39 is 10.5 Å². The second-order valence-electron chi connectivity index (χ2n) is 6.92. The number of nitrogens with zero attached hydrogens (tertiary/aromatic N) is 5. The summed E-state index contributed by atoms with van der Waals surface area (Å²) in [6.07, 6.45) is 0. The minimum atomic E-state index is -0.582. The van der Waals surface area contributed by atoms with E-state index in [1.807, 2.05) is 36.6 Å². The molecule has 0 unspecified atom stereocenters. The van der Waals surface area contributed by atoms with E-state index in [2.05, 4.69) is 20.3 Å². The second-order valence-corrected chi connectivity index (χ2v) is 7.76. The number of benzene rings is 2. The van der Waals surface area contributed by atoms with Gasteiger partial charge in [-0.05, 0) is 26.0 Å². The summed E-state index contributed by atoms with van der Waals surface area (Å²) in [5.74, 6) is 0.323. The second kappa shape index (κ2) is 8.55. The minimum absolute atomic E-state index is 0.0123. The summed E-state index contributed by atoms with van der Waals surface area (Å²) in [5.41, 5.74) is 2.63. The maximum atomic E-state index is 12.9. The van der Waals surface area contributed by atoms with Crippen LogP contribution in [0, 0.1) is 24.0 Å². The van der Waals surface area contributed by atoms with Gasteiger partial charge < -0.3 is 4.74 Å². The molecule has 0 fully saturated rings. The van der Waals surface area contributed by atoms with Crippen LogP contribution in [-0.4, -0.2) is 26.8 Å². The highest BCUT2D eigenvalue weighted by atomic mass is 32.1. The van der Waals surface area contributed by atoms with Crippen LogP contribution >= 0.6 is 11.3 Å². The first-order chi connectivity index (χ1) is 15.4. The van der Waals surface area contributed by atoms with Gasteiger partial charge in [-0.25, -0.2) is 4.98 Å². The number of hydrogen-bond acceptors (Lipinski definition) is 8. The molecule has 2 heterocycles. The van der Waals surface area contributed by atoms with Crippen molar-refractivity contribution in [1.29, 1.82) is 0 Å². The Kier molecular flexibility index (Phi) is 5.65. The molecule has 0 atom stereocenters. The lowest BCUT2D eigenvalue weighted by molar-refractivity contribution is -0.384. The van der Waals surface area contributed by atoms with Gasteiger partial charge >= 0.3 is 5.56 Å². The summed E-state index contributed by atoms with van der Waals surface area (Å²) in [7, 11) is 1.41. The quantitative estimate of drug-likeness (QED) is 0.244. The molecule has 2 aromatic carbocycles. The number of rotatable bonds is 6. The zero-order valence-electron chi connectivity index (χ0n) is 17.4. The smallest absolute Gasteiger partial charge is 0.301 e. The molecule has 0 aliphatic carbocycles. The third-order valence-corrected chi connectivity index (χ3v) is 5.53. The van der Waals surface area contributed by atoms with E-state index in [1.165, 1.54) is 41.3 Å². The average molecular weight is 450 g/mol. The Balaban J connectivity index is 1.67. The number of thiazole rings is 1. The number of azo groups is 1. The van der Waals surface area contributed by atoms with Gasteiger partial charge in [-0.2, -0.15) is 4.68 Å². The van der Waals surface area contributed by atoms with Gasteiger partial charge in [0.2, 0.25) is 5.13 Å². The first kappa shape index (κ1) is 21.1. The van der Waals surface area contributed by atoms with Gasteiger partial charge in [0.15, 0.2) is 11.4 Å². The number of aryl methyl sites for hydroxylation is 2. The molecule has 0 aliphatic heterocycles. The standard InChI is InChI=1S/C21H18N6O4S/c1-12-4-6-14(7-5-12)17-11-32-21(22-17)26-20(28)19(13(2)25-26)24-23-16-9-8-15(31-3)10-18(16)27(29)30/h4-11,25H,1-3H3. The molecule has 0 bridgehead atoms. The molecule has 1 N–H and O–H groups in total. The molecule has 10 nitrogen and oxygen atoms in total. The predicted octanol–water partition coefficient (Wildman–Crippen LogP) is 5.24. The molecular formula is C21H18N6O4S. The van der Waals surface area contributed by atoms with Crippen LogP contribution in [0.15, 0.2) is 62.9 Å². The summed E-state index contributed by atoms with van der Waals surface area (Å²) in [6.45, 7) is 3.68. The highest BCUT2D eigenvalue weighted by Crippen LogP contribution is 2.32. The number of ether oxygens (including phenoxy) is 1. The molecule has 0 radical (unpaired) electrons. The summed E-state index contributed by atoms with van der Waals surface area (Å²) in [5, 5.41) is 24.5. The van der Waals surface area contributed by atoms with Crippen LogP contribution in [-0.2, 0) is 0 Å². The number of nitro groups is 1. The maximum absolute atomic E-state index is 12.9. The summed E-state index contributed by atoms with van der Waals surface area (Å²) >= 11 is 1.31. The van der Waals surface area contributed by atoms with E-state index in [0.29, 0.717) is 16.6 Å². The molecule has 4 rings (SSSR count). The van der Waals surface area contributed by atoms with Crippen molar-refractivity contribution in [2.45, 2.75) is 13.8 Å². The van der Waals surface area contributed by atoms with Crippen LogP contribution in [0.1, 0.15) is 11.3 Å². The molecule has 2 aromatic heterocycles. The number of aromatic nitrogens is 3. The monoisotopic (exact) mass is 450 g/mol. The van der Waals surface area contributed by atoms with Crippen molar-refractivity contribution in [3.05, 3.63) is 79.6 Å². The fraction of sp³-hybridized carbons (Fsp3) is 0.143. The highest BCUT2D eigenvalue weighted by molar-refractivity contribution is 7.12. The van der Waals surface area contributed by atoms with Gasteiger partial charge in [0.1, 0.15) is 5.75 Å². The van der Waals surface area contributed by atoms with Gasteiger partial charge in [0, 0.05) is 10.9 Å². The predicted molar refractivity (Wildman–Crippen MR) is 121 cm³/mol. The average Bonchev–Trinajstić information content (AvgIpc) is 3.37. The van der Waals surface area contributed by atoms with E-state index in [-0.39, 0.29) is 17.1 Å². The van der Waals surface area contributed by atoms with E-state index >= 15 is 0 Å².